The minimum atomic E-state index is -1.20. The average Bonchev–Trinajstić information content (AvgIpc) is 2.93. The maximum Gasteiger partial charge on any atom is 0.343 e. The molecule has 8 heteroatoms. The van der Waals surface area contributed by atoms with E-state index in [4.69, 9.17) is 14.2 Å². The normalized spacial score (nSPS) is 11.2. The van der Waals surface area contributed by atoms with Gasteiger partial charge in [-0.05, 0) is 55.5 Å². The number of hydrogen-bond donors (Lipinski definition) is 2. The number of nitrogens with one attached hydrogen (secondary N) is 2. The summed E-state index contributed by atoms with van der Waals surface area (Å²) >= 11 is 0. The van der Waals surface area contributed by atoms with Gasteiger partial charge in [-0.2, -0.15) is 0 Å². The second-order valence-electron chi connectivity index (χ2n) is 7.90. The molecule has 2 N–H and O–H groups in total. The lowest BCUT2D eigenvalue weighted by molar-refractivity contribution is -0.125. The van der Waals surface area contributed by atoms with Gasteiger partial charge in [0.2, 0.25) is 6.10 Å². The molecule has 0 aliphatic carbocycles. The average molecular weight is 498 g/mol. The molecule has 4 aromatic rings. The number of carbonyl (C=O) groups excluding carboxylic acids is 2. The highest BCUT2D eigenvalue weighted by Crippen LogP contribution is 2.26. The van der Waals surface area contributed by atoms with Crippen molar-refractivity contribution in [3.05, 3.63) is 108 Å². The van der Waals surface area contributed by atoms with E-state index in [1.54, 1.807) is 74.0 Å². The highest BCUT2D eigenvalue weighted by atomic mass is 16.5. The Kier molecular flexibility index (Phi) is 8.33. The Hall–Kier alpha value is -4.85. The molecule has 4 rings (SSSR count). The number of aromatic nitrogens is 1. The van der Waals surface area contributed by atoms with Crippen LogP contribution < -0.4 is 20.1 Å². The van der Waals surface area contributed by atoms with E-state index in [9.17, 15) is 9.59 Å². The Morgan fingerprint density at radius 1 is 0.865 bits per heavy atom. The smallest absolute Gasteiger partial charge is 0.343 e. The first-order chi connectivity index (χ1) is 18.1. The SMILES string of the molecule is CCOc1ccc(Nc2ncccc2C(=O)O[C@H](C(=O)Nc2cccc(OC)c2)c2ccccc2)cc1. The molecule has 0 aliphatic rings. The molecule has 188 valence electrons. The van der Waals surface area contributed by atoms with E-state index in [-0.39, 0.29) is 5.56 Å². The van der Waals surface area contributed by atoms with Gasteiger partial charge in [-0.1, -0.05) is 36.4 Å². The first kappa shape index (κ1) is 25.2. The molecule has 0 saturated carbocycles. The summed E-state index contributed by atoms with van der Waals surface area (Å²) in [6.07, 6.45) is 0.371. The number of anilines is 3. The number of rotatable bonds is 10. The van der Waals surface area contributed by atoms with Gasteiger partial charge < -0.3 is 24.8 Å². The molecule has 0 bridgehead atoms. The van der Waals surface area contributed by atoms with Crippen LogP contribution in [0.25, 0.3) is 0 Å². The molecule has 0 radical (unpaired) electrons. The van der Waals surface area contributed by atoms with Gasteiger partial charge in [-0.25, -0.2) is 9.78 Å². The van der Waals surface area contributed by atoms with Crippen LogP contribution in [0.2, 0.25) is 0 Å². The van der Waals surface area contributed by atoms with Crippen LogP contribution in [0.1, 0.15) is 28.9 Å². The summed E-state index contributed by atoms with van der Waals surface area (Å²) in [4.78, 5) is 30.9. The van der Waals surface area contributed by atoms with Gasteiger partial charge in [-0.15, -0.1) is 0 Å². The second-order valence-corrected chi connectivity index (χ2v) is 7.90. The van der Waals surface area contributed by atoms with Crippen LogP contribution in [0.5, 0.6) is 11.5 Å². The largest absolute Gasteiger partial charge is 0.497 e. The maximum absolute atomic E-state index is 13.3. The standard InChI is InChI=1S/C29H27N3O5/c1-3-36-23-16-14-21(15-17-23)31-27-25(13-8-18-30-27)29(34)37-26(20-9-5-4-6-10-20)28(33)32-22-11-7-12-24(19-22)35-2/h4-19,26H,3H2,1-2H3,(H,30,31)(H,32,33)/t26-/m0/s1. The molecule has 8 nitrogen and oxygen atoms in total. The summed E-state index contributed by atoms with van der Waals surface area (Å²) in [5, 5.41) is 5.94. The van der Waals surface area contributed by atoms with E-state index in [0.717, 1.165) is 5.75 Å². The molecule has 1 atom stereocenters. The number of nitrogens with zero attached hydrogens (tertiary/aromatic N) is 1. The first-order valence-electron chi connectivity index (χ1n) is 11.7. The summed E-state index contributed by atoms with van der Waals surface area (Å²) in [7, 11) is 1.54. The maximum atomic E-state index is 13.3. The zero-order chi connectivity index (χ0) is 26.0. The van der Waals surface area contributed by atoms with Crippen molar-refractivity contribution >= 4 is 29.1 Å². The Labute approximate surface area is 215 Å². The van der Waals surface area contributed by atoms with Gasteiger partial charge in [0, 0.05) is 29.2 Å². The van der Waals surface area contributed by atoms with E-state index in [1.165, 1.54) is 0 Å². The van der Waals surface area contributed by atoms with Gasteiger partial charge in [0.05, 0.1) is 13.7 Å². The topological polar surface area (TPSA) is 98.8 Å². The molecule has 1 aromatic heterocycles. The summed E-state index contributed by atoms with van der Waals surface area (Å²) in [6.45, 7) is 2.48. The summed E-state index contributed by atoms with van der Waals surface area (Å²) < 4.78 is 16.5. The van der Waals surface area contributed by atoms with E-state index < -0.39 is 18.0 Å². The molecule has 0 fully saturated rings. The van der Waals surface area contributed by atoms with Crippen molar-refractivity contribution in [2.24, 2.45) is 0 Å². The fourth-order valence-electron chi connectivity index (χ4n) is 3.59. The summed E-state index contributed by atoms with van der Waals surface area (Å²) in [6, 6.07) is 26.3. The van der Waals surface area contributed by atoms with Crippen LogP contribution in [0.4, 0.5) is 17.2 Å². The quantitative estimate of drug-likeness (QED) is 0.268. The number of ether oxygens (including phenoxy) is 3. The van der Waals surface area contributed by atoms with Crippen LogP contribution in [-0.4, -0.2) is 30.6 Å². The number of benzene rings is 3. The van der Waals surface area contributed by atoms with Gasteiger partial charge >= 0.3 is 5.97 Å². The van der Waals surface area contributed by atoms with Crippen molar-refractivity contribution in [3.63, 3.8) is 0 Å². The Bertz CT molecular complexity index is 1340. The molecule has 0 saturated heterocycles. The number of esters is 1. The third-order valence-electron chi connectivity index (χ3n) is 5.36. The lowest BCUT2D eigenvalue weighted by Crippen LogP contribution is -2.26. The monoisotopic (exact) mass is 497 g/mol. The van der Waals surface area contributed by atoms with E-state index in [2.05, 4.69) is 15.6 Å². The molecular formula is C29H27N3O5. The molecule has 1 amide bonds. The Balaban J connectivity index is 1.56. The number of methoxy groups -OCH3 is 1. The van der Waals surface area contributed by atoms with Crippen molar-refractivity contribution in [1.29, 1.82) is 0 Å². The Morgan fingerprint density at radius 3 is 2.38 bits per heavy atom. The van der Waals surface area contributed by atoms with Gasteiger partial charge in [0.15, 0.2) is 0 Å². The van der Waals surface area contributed by atoms with E-state index in [0.29, 0.717) is 35.1 Å². The van der Waals surface area contributed by atoms with Crippen LogP contribution in [0.3, 0.4) is 0 Å². The zero-order valence-electron chi connectivity index (χ0n) is 20.5. The molecule has 0 aliphatic heterocycles. The van der Waals surface area contributed by atoms with Gasteiger partial charge in [-0.3, -0.25) is 4.79 Å². The number of carbonyl (C=O) groups is 2. The molecule has 0 unspecified atom stereocenters. The van der Waals surface area contributed by atoms with Gasteiger partial charge in [0.25, 0.3) is 5.91 Å². The van der Waals surface area contributed by atoms with Crippen molar-refractivity contribution in [1.82, 2.24) is 4.98 Å². The lowest BCUT2D eigenvalue weighted by atomic mass is 10.1. The van der Waals surface area contributed by atoms with Gasteiger partial charge in [0.1, 0.15) is 22.9 Å². The third-order valence-corrected chi connectivity index (χ3v) is 5.36. The molecule has 3 aromatic carbocycles. The number of pyridine rings is 1. The van der Waals surface area contributed by atoms with E-state index >= 15 is 0 Å². The molecule has 1 heterocycles. The summed E-state index contributed by atoms with van der Waals surface area (Å²) in [5.74, 6) is 0.429. The highest BCUT2D eigenvalue weighted by molar-refractivity contribution is 6.00. The number of hydrogen-bond acceptors (Lipinski definition) is 7. The Morgan fingerprint density at radius 2 is 1.65 bits per heavy atom. The second kappa shape index (κ2) is 12.2. The zero-order valence-corrected chi connectivity index (χ0v) is 20.5. The third kappa shape index (κ3) is 6.64. The summed E-state index contributed by atoms with van der Waals surface area (Å²) in [5.41, 5.74) is 1.94. The number of amides is 1. The van der Waals surface area contributed by atoms with Crippen molar-refractivity contribution in [2.45, 2.75) is 13.0 Å². The van der Waals surface area contributed by atoms with Crippen LogP contribution >= 0.6 is 0 Å². The van der Waals surface area contributed by atoms with Crippen molar-refractivity contribution in [2.75, 3.05) is 24.4 Å². The van der Waals surface area contributed by atoms with Crippen LogP contribution in [-0.2, 0) is 9.53 Å². The van der Waals surface area contributed by atoms with Crippen molar-refractivity contribution < 1.29 is 23.8 Å². The lowest BCUT2D eigenvalue weighted by Gasteiger charge is -2.19. The predicted molar refractivity (Wildman–Crippen MR) is 141 cm³/mol. The molecule has 37 heavy (non-hydrogen) atoms. The molecular weight excluding hydrogens is 470 g/mol. The minimum absolute atomic E-state index is 0.187. The van der Waals surface area contributed by atoms with Crippen molar-refractivity contribution in [3.8, 4) is 11.5 Å². The van der Waals surface area contributed by atoms with Crippen LogP contribution in [0.15, 0.2) is 97.2 Å². The minimum Gasteiger partial charge on any atom is -0.497 e. The predicted octanol–water partition coefficient (Wildman–Crippen LogP) is 5.77. The van der Waals surface area contributed by atoms with E-state index in [1.807, 2.05) is 37.3 Å². The fraction of sp³-hybridized carbons (Fsp3) is 0.138. The molecule has 0 spiro atoms. The van der Waals surface area contributed by atoms with Crippen LogP contribution in [0, 0.1) is 0 Å². The first-order valence-corrected chi connectivity index (χ1v) is 11.7. The highest BCUT2D eigenvalue weighted by Gasteiger charge is 2.27. The fourth-order valence-corrected chi connectivity index (χ4v) is 3.59.